The maximum Gasteiger partial charge on any atom is 0.0576 e. The molecule has 1 aromatic heterocycles. The Bertz CT molecular complexity index is 342. The van der Waals surface area contributed by atoms with Crippen molar-refractivity contribution in [1.29, 1.82) is 0 Å². The summed E-state index contributed by atoms with van der Waals surface area (Å²) in [4.78, 5) is 4.58. The van der Waals surface area contributed by atoms with Crippen molar-refractivity contribution >= 4 is 0 Å². The second-order valence-corrected chi connectivity index (χ2v) is 5.88. The summed E-state index contributed by atoms with van der Waals surface area (Å²) in [6.45, 7) is 5.65. The molecule has 0 radical (unpaired) electrons. The number of rotatable bonds is 6. The molecule has 0 spiro atoms. The minimum Gasteiger partial charge on any atom is -0.308 e. The van der Waals surface area contributed by atoms with E-state index in [9.17, 15) is 0 Å². The lowest BCUT2D eigenvalue weighted by molar-refractivity contribution is 0.216. The van der Waals surface area contributed by atoms with E-state index in [0.29, 0.717) is 6.04 Å². The van der Waals surface area contributed by atoms with Gasteiger partial charge in [0.25, 0.3) is 0 Å². The number of pyridine rings is 1. The van der Waals surface area contributed by atoms with E-state index < -0.39 is 0 Å². The van der Waals surface area contributed by atoms with Crippen LogP contribution in [0.25, 0.3) is 0 Å². The van der Waals surface area contributed by atoms with E-state index in [1.165, 1.54) is 44.2 Å². The van der Waals surface area contributed by atoms with Crippen molar-refractivity contribution in [1.82, 2.24) is 10.3 Å². The molecule has 1 N–H and O–H groups in total. The van der Waals surface area contributed by atoms with Crippen LogP contribution in [0.2, 0.25) is 0 Å². The molecule has 1 atom stereocenters. The Morgan fingerprint density at radius 2 is 2.00 bits per heavy atom. The molecule has 2 rings (SSSR count). The van der Waals surface area contributed by atoms with Crippen molar-refractivity contribution in [3.63, 3.8) is 0 Å². The van der Waals surface area contributed by atoms with Crippen LogP contribution in [-0.4, -0.2) is 11.5 Å². The minimum atomic E-state index is 0.457. The standard InChI is InChI=1S/C17H28N2/c1-3-12-19-17(16-7-5-6-13-18-16)15-10-8-14(4-2)9-11-15/h5-7,13-15,17,19H,3-4,8-12H2,1-2H3. The van der Waals surface area contributed by atoms with Crippen molar-refractivity contribution in [3.8, 4) is 0 Å². The summed E-state index contributed by atoms with van der Waals surface area (Å²) in [5.41, 5.74) is 1.23. The zero-order valence-corrected chi connectivity index (χ0v) is 12.4. The second-order valence-electron chi connectivity index (χ2n) is 5.88. The van der Waals surface area contributed by atoms with Crippen LogP contribution in [0.4, 0.5) is 0 Å². The zero-order valence-electron chi connectivity index (χ0n) is 12.4. The van der Waals surface area contributed by atoms with E-state index in [-0.39, 0.29) is 0 Å². The fraction of sp³-hybridized carbons (Fsp3) is 0.706. The van der Waals surface area contributed by atoms with E-state index in [0.717, 1.165) is 18.4 Å². The molecule has 1 aliphatic carbocycles. The van der Waals surface area contributed by atoms with Crippen LogP contribution in [-0.2, 0) is 0 Å². The third-order valence-corrected chi connectivity index (χ3v) is 4.56. The van der Waals surface area contributed by atoms with Crippen LogP contribution >= 0.6 is 0 Å². The van der Waals surface area contributed by atoms with Gasteiger partial charge in [-0.1, -0.05) is 39.2 Å². The van der Waals surface area contributed by atoms with Crippen molar-refractivity contribution in [3.05, 3.63) is 30.1 Å². The van der Waals surface area contributed by atoms with E-state index in [1.54, 1.807) is 0 Å². The Hall–Kier alpha value is -0.890. The highest BCUT2D eigenvalue weighted by Crippen LogP contribution is 2.37. The lowest BCUT2D eigenvalue weighted by Crippen LogP contribution is -2.32. The van der Waals surface area contributed by atoms with Gasteiger partial charge < -0.3 is 5.32 Å². The van der Waals surface area contributed by atoms with Gasteiger partial charge in [0, 0.05) is 6.20 Å². The molecular formula is C17H28N2. The first-order valence-electron chi connectivity index (χ1n) is 7.99. The molecule has 0 saturated heterocycles. The highest BCUT2D eigenvalue weighted by Gasteiger charge is 2.28. The Morgan fingerprint density at radius 1 is 1.21 bits per heavy atom. The molecule has 1 fully saturated rings. The van der Waals surface area contributed by atoms with Gasteiger partial charge in [-0.05, 0) is 49.8 Å². The smallest absolute Gasteiger partial charge is 0.0576 e. The van der Waals surface area contributed by atoms with Crippen LogP contribution in [0.15, 0.2) is 24.4 Å². The highest BCUT2D eigenvalue weighted by molar-refractivity contribution is 5.10. The van der Waals surface area contributed by atoms with Crippen molar-refractivity contribution in [2.75, 3.05) is 6.54 Å². The fourth-order valence-corrected chi connectivity index (χ4v) is 3.30. The van der Waals surface area contributed by atoms with Gasteiger partial charge in [0.15, 0.2) is 0 Å². The van der Waals surface area contributed by atoms with Crippen LogP contribution in [0.3, 0.4) is 0 Å². The molecule has 1 unspecified atom stereocenters. The SMILES string of the molecule is CCCNC(c1ccccn1)C1CCC(CC)CC1. The molecule has 0 bridgehead atoms. The zero-order chi connectivity index (χ0) is 13.5. The molecule has 2 heteroatoms. The Kier molecular flexibility index (Phi) is 5.84. The summed E-state index contributed by atoms with van der Waals surface area (Å²) >= 11 is 0. The summed E-state index contributed by atoms with van der Waals surface area (Å²) < 4.78 is 0. The predicted octanol–water partition coefficient (Wildman–Crippen LogP) is 4.34. The lowest BCUT2D eigenvalue weighted by atomic mass is 9.76. The molecule has 1 heterocycles. The molecular weight excluding hydrogens is 232 g/mol. The molecule has 1 aromatic rings. The third kappa shape index (κ3) is 4.04. The van der Waals surface area contributed by atoms with Gasteiger partial charge in [-0.2, -0.15) is 0 Å². The summed E-state index contributed by atoms with van der Waals surface area (Å²) in [5.74, 6) is 1.73. The van der Waals surface area contributed by atoms with Gasteiger partial charge in [-0.15, -0.1) is 0 Å². The first-order valence-corrected chi connectivity index (χ1v) is 7.99. The Morgan fingerprint density at radius 3 is 2.58 bits per heavy atom. The van der Waals surface area contributed by atoms with Gasteiger partial charge in [0.05, 0.1) is 11.7 Å². The molecule has 1 aliphatic rings. The van der Waals surface area contributed by atoms with Crippen LogP contribution in [0.5, 0.6) is 0 Å². The number of nitrogens with zero attached hydrogens (tertiary/aromatic N) is 1. The second kappa shape index (κ2) is 7.64. The number of hydrogen-bond acceptors (Lipinski definition) is 2. The molecule has 0 aliphatic heterocycles. The maximum atomic E-state index is 4.58. The normalized spacial score (nSPS) is 25.2. The predicted molar refractivity (Wildman–Crippen MR) is 81.0 cm³/mol. The van der Waals surface area contributed by atoms with Gasteiger partial charge >= 0.3 is 0 Å². The van der Waals surface area contributed by atoms with E-state index >= 15 is 0 Å². The first-order chi connectivity index (χ1) is 9.35. The monoisotopic (exact) mass is 260 g/mol. The first kappa shape index (κ1) is 14.5. The summed E-state index contributed by atoms with van der Waals surface area (Å²) in [5, 5.41) is 3.73. The molecule has 0 aromatic carbocycles. The topological polar surface area (TPSA) is 24.9 Å². The van der Waals surface area contributed by atoms with Crippen LogP contribution < -0.4 is 5.32 Å². The Balaban J connectivity index is 2.02. The minimum absolute atomic E-state index is 0.457. The molecule has 0 amide bonds. The van der Waals surface area contributed by atoms with E-state index in [4.69, 9.17) is 0 Å². The van der Waals surface area contributed by atoms with Gasteiger partial charge in [0.2, 0.25) is 0 Å². The molecule has 106 valence electrons. The van der Waals surface area contributed by atoms with Gasteiger partial charge in [-0.3, -0.25) is 4.98 Å². The number of aromatic nitrogens is 1. The molecule has 19 heavy (non-hydrogen) atoms. The fourth-order valence-electron chi connectivity index (χ4n) is 3.30. The van der Waals surface area contributed by atoms with Crippen molar-refractivity contribution in [2.45, 2.75) is 58.4 Å². The summed E-state index contributed by atoms with van der Waals surface area (Å²) in [6.07, 6.45) is 9.98. The van der Waals surface area contributed by atoms with Gasteiger partial charge in [0.1, 0.15) is 0 Å². The van der Waals surface area contributed by atoms with Crippen LogP contribution in [0.1, 0.15) is 64.1 Å². The number of nitrogens with one attached hydrogen (secondary N) is 1. The molecule has 1 saturated carbocycles. The largest absolute Gasteiger partial charge is 0.308 e. The van der Waals surface area contributed by atoms with Crippen molar-refractivity contribution in [2.24, 2.45) is 11.8 Å². The average molecular weight is 260 g/mol. The van der Waals surface area contributed by atoms with Gasteiger partial charge in [-0.25, -0.2) is 0 Å². The number of hydrogen-bond donors (Lipinski definition) is 1. The maximum absolute atomic E-state index is 4.58. The average Bonchev–Trinajstić information content (AvgIpc) is 2.49. The summed E-state index contributed by atoms with van der Waals surface area (Å²) in [6, 6.07) is 6.76. The lowest BCUT2D eigenvalue weighted by Gasteiger charge is -2.34. The molecule has 2 nitrogen and oxygen atoms in total. The van der Waals surface area contributed by atoms with E-state index in [1.807, 2.05) is 12.3 Å². The third-order valence-electron chi connectivity index (χ3n) is 4.56. The van der Waals surface area contributed by atoms with Crippen LogP contribution in [0, 0.1) is 11.8 Å². The highest BCUT2D eigenvalue weighted by atomic mass is 14.9. The quantitative estimate of drug-likeness (QED) is 0.823. The Labute approximate surface area is 118 Å². The van der Waals surface area contributed by atoms with Crippen molar-refractivity contribution < 1.29 is 0 Å². The summed E-state index contributed by atoms with van der Waals surface area (Å²) in [7, 11) is 0. The van der Waals surface area contributed by atoms with E-state index in [2.05, 4.69) is 36.3 Å².